The Morgan fingerprint density at radius 3 is 2.56 bits per heavy atom. The standard InChI is InChI=1S/C12H17FN2O/c13-8-9-16-11-6-4-10(5-7-11)2-1-3-12(14)15/h4-7H,1-3,8-9H2,(H3,14,15). The summed E-state index contributed by atoms with van der Waals surface area (Å²) >= 11 is 0. The summed E-state index contributed by atoms with van der Waals surface area (Å²) in [5, 5.41) is 7.09. The van der Waals surface area contributed by atoms with Gasteiger partial charge in [0, 0.05) is 6.42 Å². The Morgan fingerprint density at radius 2 is 2.00 bits per heavy atom. The van der Waals surface area contributed by atoms with Crippen molar-refractivity contribution in [2.75, 3.05) is 13.3 Å². The Kier molecular flexibility index (Phi) is 5.32. The molecule has 0 atom stereocenters. The van der Waals surface area contributed by atoms with Gasteiger partial charge in [-0.1, -0.05) is 12.1 Å². The van der Waals surface area contributed by atoms with Crippen molar-refractivity contribution in [3.63, 3.8) is 0 Å². The topological polar surface area (TPSA) is 59.1 Å². The molecule has 0 fully saturated rings. The molecular formula is C12H17FN2O. The summed E-state index contributed by atoms with van der Waals surface area (Å²) in [6.45, 7) is -0.371. The molecule has 16 heavy (non-hydrogen) atoms. The summed E-state index contributed by atoms with van der Waals surface area (Å²) in [6, 6.07) is 7.57. The van der Waals surface area contributed by atoms with E-state index in [0.717, 1.165) is 12.8 Å². The van der Waals surface area contributed by atoms with Gasteiger partial charge in [0.15, 0.2) is 0 Å². The fourth-order valence-corrected chi connectivity index (χ4v) is 1.39. The van der Waals surface area contributed by atoms with Crippen LogP contribution in [0.3, 0.4) is 0 Å². The summed E-state index contributed by atoms with van der Waals surface area (Å²) < 4.78 is 17.0. The zero-order valence-electron chi connectivity index (χ0n) is 9.21. The highest BCUT2D eigenvalue weighted by Crippen LogP contribution is 2.13. The molecular weight excluding hydrogens is 207 g/mol. The molecule has 1 aromatic carbocycles. The van der Waals surface area contributed by atoms with Crippen LogP contribution >= 0.6 is 0 Å². The zero-order valence-corrected chi connectivity index (χ0v) is 9.21. The number of amidine groups is 1. The first kappa shape index (κ1) is 12.5. The Hall–Kier alpha value is -1.58. The minimum Gasteiger partial charge on any atom is -0.491 e. The first-order valence-electron chi connectivity index (χ1n) is 5.33. The van der Waals surface area contributed by atoms with Crippen molar-refractivity contribution >= 4 is 5.84 Å². The van der Waals surface area contributed by atoms with E-state index in [4.69, 9.17) is 15.9 Å². The molecule has 0 unspecified atom stereocenters. The summed E-state index contributed by atoms with van der Waals surface area (Å²) in [4.78, 5) is 0. The van der Waals surface area contributed by atoms with Crippen LogP contribution in [0.15, 0.2) is 24.3 Å². The third kappa shape index (κ3) is 4.77. The van der Waals surface area contributed by atoms with Crippen LogP contribution in [-0.4, -0.2) is 19.1 Å². The monoisotopic (exact) mass is 224 g/mol. The molecule has 0 amide bonds. The van der Waals surface area contributed by atoms with Gasteiger partial charge in [0.1, 0.15) is 19.0 Å². The average Bonchev–Trinajstić information content (AvgIpc) is 2.27. The van der Waals surface area contributed by atoms with E-state index in [1.54, 1.807) is 0 Å². The van der Waals surface area contributed by atoms with Gasteiger partial charge in [0.25, 0.3) is 0 Å². The van der Waals surface area contributed by atoms with Crippen molar-refractivity contribution in [3.05, 3.63) is 29.8 Å². The lowest BCUT2D eigenvalue weighted by molar-refractivity contribution is 0.273. The smallest absolute Gasteiger partial charge is 0.123 e. The lowest BCUT2D eigenvalue weighted by Crippen LogP contribution is -2.09. The number of ether oxygens (including phenoxy) is 1. The van der Waals surface area contributed by atoms with Crippen LogP contribution in [0.25, 0.3) is 0 Å². The van der Waals surface area contributed by atoms with E-state index in [-0.39, 0.29) is 12.4 Å². The fraction of sp³-hybridized carbons (Fsp3) is 0.417. The molecule has 0 aliphatic carbocycles. The predicted molar refractivity (Wildman–Crippen MR) is 62.8 cm³/mol. The van der Waals surface area contributed by atoms with Gasteiger partial charge in [-0.25, -0.2) is 4.39 Å². The van der Waals surface area contributed by atoms with Gasteiger partial charge in [-0.2, -0.15) is 0 Å². The highest BCUT2D eigenvalue weighted by atomic mass is 19.1. The third-order valence-corrected chi connectivity index (χ3v) is 2.18. The van der Waals surface area contributed by atoms with E-state index in [1.807, 2.05) is 24.3 Å². The SMILES string of the molecule is N=C(N)CCCc1ccc(OCCF)cc1. The van der Waals surface area contributed by atoms with Crippen molar-refractivity contribution in [3.8, 4) is 5.75 Å². The Balaban J connectivity index is 2.36. The number of nitrogens with one attached hydrogen (secondary N) is 1. The summed E-state index contributed by atoms with van der Waals surface area (Å²) in [6.07, 6.45) is 2.39. The largest absolute Gasteiger partial charge is 0.491 e. The maximum atomic E-state index is 11.8. The first-order chi connectivity index (χ1) is 7.72. The number of aryl methyl sites for hydroxylation is 1. The predicted octanol–water partition coefficient (Wildman–Crippen LogP) is 2.29. The van der Waals surface area contributed by atoms with Crippen molar-refractivity contribution in [1.82, 2.24) is 0 Å². The average molecular weight is 224 g/mol. The number of halogens is 1. The lowest BCUT2D eigenvalue weighted by atomic mass is 10.1. The van der Waals surface area contributed by atoms with Crippen molar-refractivity contribution < 1.29 is 9.13 Å². The van der Waals surface area contributed by atoms with Gasteiger partial charge < -0.3 is 10.5 Å². The van der Waals surface area contributed by atoms with Gasteiger partial charge in [-0.05, 0) is 30.5 Å². The van der Waals surface area contributed by atoms with Crippen molar-refractivity contribution in [2.45, 2.75) is 19.3 Å². The fourth-order valence-electron chi connectivity index (χ4n) is 1.39. The van der Waals surface area contributed by atoms with E-state index < -0.39 is 6.67 Å². The molecule has 0 heterocycles. The second-order valence-corrected chi connectivity index (χ2v) is 3.56. The number of rotatable bonds is 7. The summed E-state index contributed by atoms with van der Waals surface area (Å²) in [7, 11) is 0. The van der Waals surface area contributed by atoms with Gasteiger partial charge in [-0.15, -0.1) is 0 Å². The molecule has 3 N–H and O–H groups in total. The van der Waals surface area contributed by atoms with Crippen LogP contribution in [0.4, 0.5) is 4.39 Å². The molecule has 0 radical (unpaired) electrons. The molecule has 0 saturated carbocycles. The van der Waals surface area contributed by atoms with Crippen LogP contribution in [0.5, 0.6) is 5.75 Å². The van der Waals surface area contributed by atoms with E-state index in [9.17, 15) is 4.39 Å². The molecule has 1 rings (SSSR count). The quantitative estimate of drug-likeness (QED) is 0.551. The van der Waals surface area contributed by atoms with E-state index in [1.165, 1.54) is 5.56 Å². The highest BCUT2D eigenvalue weighted by Gasteiger charge is 1.97. The molecule has 0 aliphatic rings. The maximum Gasteiger partial charge on any atom is 0.123 e. The highest BCUT2D eigenvalue weighted by molar-refractivity contribution is 5.76. The Labute approximate surface area is 94.9 Å². The number of benzene rings is 1. The van der Waals surface area contributed by atoms with Crippen LogP contribution in [0, 0.1) is 5.41 Å². The molecule has 88 valence electrons. The third-order valence-electron chi connectivity index (χ3n) is 2.18. The number of alkyl halides is 1. The normalized spacial score (nSPS) is 10.1. The zero-order chi connectivity index (χ0) is 11.8. The molecule has 1 aromatic rings. The number of nitrogens with two attached hydrogens (primary N) is 1. The summed E-state index contributed by atoms with van der Waals surface area (Å²) in [5.74, 6) is 0.913. The summed E-state index contributed by atoms with van der Waals surface area (Å²) in [5.41, 5.74) is 6.44. The van der Waals surface area contributed by atoms with Crippen LogP contribution < -0.4 is 10.5 Å². The molecule has 4 heteroatoms. The van der Waals surface area contributed by atoms with Crippen LogP contribution in [0.2, 0.25) is 0 Å². The van der Waals surface area contributed by atoms with Crippen molar-refractivity contribution in [1.29, 1.82) is 5.41 Å². The van der Waals surface area contributed by atoms with Gasteiger partial charge in [-0.3, -0.25) is 5.41 Å². The molecule has 0 spiro atoms. The Bertz CT molecular complexity index is 324. The molecule has 0 saturated heterocycles. The van der Waals surface area contributed by atoms with Crippen LogP contribution in [-0.2, 0) is 6.42 Å². The first-order valence-corrected chi connectivity index (χ1v) is 5.33. The minimum atomic E-state index is -0.472. The molecule has 0 aliphatic heterocycles. The second-order valence-electron chi connectivity index (χ2n) is 3.56. The number of hydrogen-bond acceptors (Lipinski definition) is 2. The van der Waals surface area contributed by atoms with E-state index >= 15 is 0 Å². The lowest BCUT2D eigenvalue weighted by Gasteiger charge is -2.05. The Morgan fingerprint density at radius 1 is 1.31 bits per heavy atom. The minimum absolute atomic E-state index is 0.101. The molecule has 3 nitrogen and oxygen atoms in total. The maximum absolute atomic E-state index is 11.8. The van der Waals surface area contributed by atoms with Crippen LogP contribution in [0.1, 0.15) is 18.4 Å². The van der Waals surface area contributed by atoms with E-state index in [0.29, 0.717) is 12.2 Å². The number of hydrogen-bond donors (Lipinski definition) is 2. The van der Waals surface area contributed by atoms with E-state index in [2.05, 4.69) is 0 Å². The molecule has 0 aromatic heterocycles. The molecule has 0 bridgehead atoms. The van der Waals surface area contributed by atoms with Crippen molar-refractivity contribution in [2.24, 2.45) is 5.73 Å². The van der Waals surface area contributed by atoms with Gasteiger partial charge in [0.2, 0.25) is 0 Å². The second kappa shape index (κ2) is 6.82. The van der Waals surface area contributed by atoms with Gasteiger partial charge in [0.05, 0.1) is 5.84 Å². The van der Waals surface area contributed by atoms with Gasteiger partial charge >= 0.3 is 0 Å².